The first kappa shape index (κ1) is 59.2. The van der Waals surface area contributed by atoms with Gasteiger partial charge in [-0.15, -0.1) is 0 Å². The smallest absolute Gasteiger partial charge is 0.307 e. The van der Waals surface area contributed by atoms with Crippen LogP contribution in [0.1, 0.15) is 234 Å². The second-order valence-corrected chi connectivity index (χ2v) is 18.0. The highest BCUT2D eigenvalue weighted by atomic mass is 16.5. The summed E-state index contributed by atoms with van der Waals surface area (Å²) >= 11 is 0. The third-order valence-corrected chi connectivity index (χ3v) is 11.7. The fourth-order valence-corrected chi connectivity index (χ4v) is 7.71. The molecule has 0 rings (SSSR count). The van der Waals surface area contributed by atoms with E-state index >= 15 is 0 Å². The van der Waals surface area contributed by atoms with Gasteiger partial charge >= 0.3 is 17.9 Å². The highest BCUT2D eigenvalue weighted by molar-refractivity contribution is 5.70. The minimum atomic E-state index is -0.162. The third-order valence-electron chi connectivity index (χ3n) is 11.7. The van der Waals surface area contributed by atoms with E-state index in [1.54, 1.807) is 0 Å². The number of hydrogen-bond acceptors (Lipinski definition) is 10. The molecule has 0 aliphatic heterocycles. The highest BCUT2D eigenvalue weighted by Gasteiger charge is 2.16. The number of hydrogen-bond donors (Lipinski definition) is 3. The van der Waals surface area contributed by atoms with E-state index in [2.05, 4.69) is 41.6 Å². The first-order chi connectivity index (χ1) is 29.7. The molecular formula is C51H102N4O6. The Hall–Kier alpha value is -1.75. The van der Waals surface area contributed by atoms with E-state index < -0.39 is 0 Å². The lowest BCUT2D eigenvalue weighted by Crippen LogP contribution is -2.38. The van der Waals surface area contributed by atoms with Crippen LogP contribution in [0.3, 0.4) is 0 Å². The molecule has 0 spiro atoms. The maximum atomic E-state index is 12.8. The van der Waals surface area contributed by atoms with Gasteiger partial charge in [0.25, 0.3) is 0 Å². The zero-order valence-corrected chi connectivity index (χ0v) is 41.2. The number of unbranched alkanes of at least 4 members (excludes halogenated alkanes) is 21. The van der Waals surface area contributed by atoms with Crippen LogP contribution >= 0.6 is 0 Å². The molecule has 0 heterocycles. The largest absolute Gasteiger partial charge is 0.463 e. The summed E-state index contributed by atoms with van der Waals surface area (Å²) in [5.41, 5.74) is 0. The second-order valence-electron chi connectivity index (χ2n) is 18.0. The van der Waals surface area contributed by atoms with Crippen molar-refractivity contribution >= 4 is 17.9 Å². The maximum Gasteiger partial charge on any atom is 0.307 e. The monoisotopic (exact) mass is 867 g/mol. The van der Waals surface area contributed by atoms with Crippen LogP contribution in [0.15, 0.2) is 0 Å². The highest BCUT2D eigenvalue weighted by Crippen LogP contribution is 2.15. The number of rotatable bonds is 48. The normalized spacial score (nSPS) is 13.0. The van der Waals surface area contributed by atoms with E-state index in [0.717, 1.165) is 77.8 Å². The van der Waals surface area contributed by atoms with Gasteiger partial charge in [-0.3, -0.25) is 14.4 Å². The van der Waals surface area contributed by atoms with Crippen molar-refractivity contribution in [3.8, 4) is 0 Å². The molecule has 10 nitrogen and oxygen atoms in total. The van der Waals surface area contributed by atoms with Crippen molar-refractivity contribution < 1.29 is 28.6 Å². The summed E-state index contributed by atoms with van der Waals surface area (Å²) in [7, 11) is 0. The van der Waals surface area contributed by atoms with E-state index in [0.29, 0.717) is 38.9 Å². The van der Waals surface area contributed by atoms with Crippen molar-refractivity contribution in [3.63, 3.8) is 0 Å². The molecule has 0 saturated carbocycles. The van der Waals surface area contributed by atoms with Gasteiger partial charge in [0, 0.05) is 58.9 Å². The lowest BCUT2D eigenvalue weighted by Gasteiger charge is -2.23. The van der Waals surface area contributed by atoms with Crippen LogP contribution in [0.5, 0.6) is 0 Å². The van der Waals surface area contributed by atoms with Gasteiger partial charge in [-0.2, -0.15) is 0 Å². The van der Waals surface area contributed by atoms with Crippen LogP contribution in [0.25, 0.3) is 0 Å². The molecule has 0 amide bonds. The van der Waals surface area contributed by atoms with E-state index in [4.69, 9.17) is 14.2 Å². The Bertz CT molecular complexity index is 927. The molecule has 10 heteroatoms. The van der Waals surface area contributed by atoms with E-state index in [-0.39, 0.29) is 36.2 Å². The number of nitrogens with zero attached hydrogens (tertiary/aromatic N) is 1. The molecule has 0 aliphatic carbocycles. The van der Waals surface area contributed by atoms with Gasteiger partial charge < -0.3 is 35.1 Å². The molecule has 0 aromatic heterocycles. The van der Waals surface area contributed by atoms with Crippen molar-refractivity contribution in [1.29, 1.82) is 0 Å². The molecule has 0 bridgehead atoms. The Kier molecular flexibility index (Phi) is 44.9. The predicted octanol–water partition coefficient (Wildman–Crippen LogP) is 11.6. The third kappa shape index (κ3) is 44.6. The van der Waals surface area contributed by atoms with Crippen molar-refractivity contribution in [2.75, 3.05) is 58.9 Å². The number of carbonyl (C=O) groups is 3. The Balaban J connectivity index is 4.37. The number of nitrogens with one attached hydrogen (secondary N) is 3. The SMILES string of the molecule is CCCCCCCCCCC(C)OC(=O)CCNCCNCCNCCN(CCC(=O)OC(C)CCCCCCCCCC)CCC(=O)OC(C)CCCCCCCCCC. The summed E-state index contributed by atoms with van der Waals surface area (Å²) in [6.45, 7) is 19.2. The zero-order chi connectivity index (χ0) is 44.9. The summed E-state index contributed by atoms with van der Waals surface area (Å²) in [5.74, 6) is -0.443. The van der Waals surface area contributed by atoms with Gasteiger partial charge in [-0.05, 0) is 59.3 Å². The van der Waals surface area contributed by atoms with Crippen LogP contribution in [-0.2, 0) is 28.6 Å². The van der Waals surface area contributed by atoms with Crippen LogP contribution < -0.4 is 16.0 Å². The van der Waals surface area contributed by atoms with Gasteiger partial charge in [0.1, 0.15) is 0 Å². The quantitative estimate of drug-likeness (QED) is 0.0310. The average molecular weight is 867 g/mol. The maximum absolute atomic E-state index is 12.8. The zero-order valence-electron chi connectivity index (χ0n) is 41.2. The molecule has 61 heavy (non-hydrogen) atoms. The molecule has 0 aromatic rings. The molecule has 0 saturated heterocycles. The van der Waals surface area contributed by atoms with Gasteiger partial charge in [0.05, 0.1) is 37.6 Å². The minimum Gasteiger partial charge on any atom is -0.463 e. The first-order valence-electron chi connectivity index (χ1n) is 26.1. The fourth-order valence-electron chi connectivity index (χ4n) is 7.71. The number of ether oxygens (including phenoxy) is 3. The Morgan fingerprint density at radius 3 is 0.984 bits per heavy atom. The van der Waals surface area contributed by atoms with Gasteiger partial charge in [-0.25, -0.2) is 0 Å². The fraction of sp³-hybridized carbons (Fsp3) is 0.941. The summed E-state index contributed by atoms with van der Waals surface area (Å²) in [6.07, 6.45) is 34.3. The van der Waals surface area contributed by atoms with Gasteiger partial charge in [-0.1, -0.05) is 156 Å². The summed E-state index contributed by atoms with van der Waals surface area (Å²) < 4.78 is 17.1. The molecular weight excluding hydrogens is 765 g/mol. The van der Waals surface area contributed by atoms with Crippen molar-refractivity contribution in [2.24, 2.45) is 0 Å². The van der Waals surface area contributed by atoms with E-state index in [1.165, 1.54) is 135 Å². The summed E-state index contributed by atoms with van der Waals surface area (Å²) in [4.78, 5) is 40.0. The first-order valence-corrected chi connectivity index (χ1v) is 26.1. The molecule has 0 radical (unpaired) electrons. The topological polar surface area (TPSA) is 118 Å². The molecule has 3 atom stereocenters. The lowest BCUT2D eigenvalue weighted by atomic mass is 10.1. The van der Waals surface area contributed by atoms with Crippen molar-refractivity contribution in [3.05, 3.63) is 0 Å². The molecule has 3 N–H and O–H groups in total. The molecule has 362 valence electrons. The van der Waals surface area contributed by atoms with E-state index in [1.807, 2.05) is 20.8 Å². The summed E-state index contributed by atoms with van der Waals surface area (Å²) in [5, 5.41) is 10.3. The molecule has 0 aliphatic rings. The second kappa shape index (κ2) is 46.2. The summed E-state index contributed by atoms with van der Waals surface area (Å²) in [6, 6.07) is 0. The van der Waals surface area contributed by atoms with Crippen LogP contribution in [0.4, 0.5) is 0 Å². The van der Waals surface area contributed by atoms with Crippen LogP contribution in [-0.4, -0.2) is 100 Å². The molecule has 0 aromatic carbocycles. The van der Waals surface area contributed by atoms with Crippen molar-refractivity contribution in [1.82, 2.24) is 20.9 Å². The predicted molar refractivity (Wildman–Crippen MR) is 257 cm³/mol. The Morgan fingerprint density at radius 2 is 0.639 bits per heavy atom. The Labute approximate surface area is 377 Å². The van der Waals surface area contributed by atoms with E-state index in [9.17, 15) is 14.4 Å². The Morgan fingerprint density at radius 1 is 0.361 bits per heavy atom. The number of carbonyl (C=O) groups excluding carboxylic acids is 3. The standard InChI is InChI=1S/C51H102N4O6/c1-7-10-13-16-19-22-25-28-31-46(4)59-49(56)34-37-52-38-39-53-40-41-54-42-45-55(43-35-50(57)60-47(5)32-29-26-23-20-17-14-11-8-2)44-36-51(58)61-48(6)33-30-27-24-21-18-15-12-9-3/h46-48,52-54H,7-45H2,1-6H3. The average Bonchev–Trinajstić information content (AvgIpc) is 3.23. The van der Waals surface area contributed by atoms with Gasteiger partial charge in [0.2, 0.25) is 0 Å². The lowest BCUT2D eigenvalue weighted by molar-refractivity contribution is -0.150. The van der Waals surface area contributed by atoms with Crippen molar-refractivity contribution in [2.45, 2.75) is 252 Å². The van der Waals surface area contributed by atoms with Crippen LogP contribution in [0.2, 0.25) is 0 Å². The van der Waals surface area contributed by atoms with Gasteiger partial charge in [0.15, 0.2) is 0 Å². The molecule has 0 fully saturated rings. The number of esters is 3. The minimum absolute atomic E-state index is 0.00656. The van der Waals surface area contributed by atoms with Crippen LogP contribution in [0, 0.1) is 0 Å². The molecule has 3 unspecified atom stereocenters.